The third-order valence-electron chi connectivity index (χ3n) is 4.03. The average molecular weight is 305 g/mol. The first-order valence-electron chi connectivity index (χ1n) is 7.98. The highest BCUT2D eigenvalue weighted by Crippen LogP contribution is 2.24. The molecule has 4 heteroatoms. The summed E-state index contributed by atoms with van der Waals surface area (Å²) in [7, 11) is 4.07. The van der Waals surface area contributed by atoms with Gasteiger partial charge in [-0.1, -0.05) is 6.92 Å². The summed E-state index contributed by atoms with van der Waals surface area (Å²) in [6, 6.07) is 0. The van der Waals surface area contributed by atoms with Gasteiger partial charge in [-0.2, -0.15) is 12.6 Å². The molecule has 2 N–H and O–H groups in total. The molecule has 0 aliphatic rings. The number of nitrogens with one attached hydrogen (secondary N) is 2. The monoisotopic (exact) mass is 304 g/mol. The topological polar surface area (TPSA) is 33.3 Å². The molecule has 3 nitrogen and oxygen atoms in total. The van der Waals surface area contributed by atoms with Crippen molar-refractivity contribution in [2.75, 3.05) is 26.4 Å². The van der Waals surface area contributed by atoms with Crippen LogP contribution in [0.1, 0.15) is 53.4 Å². The highest BCUT2D eigenvalue weighted by molar-refractivity contribution is 7.80. The Kier molecular flexibility index (Phi) is 11.0. The van der Waals surface area contributed by atoms with Crippen LogP contribution < -0.4 is 10.6 Å². The number of hydrogen-bond donors (Lipinski definition) is 3. The molecule has 0 spiro atoms. The fraction of sp³-hybridized carbons (Fsp3) is 1.00. The maximum Gasteiger partial charge on any atom is 0.0663 e. The molecule has 0 aliphatic carbocycles. The number of thiol groups is 1. The molecule has 0 heterocycles. The van der Waals surface area contributed by atoms with Crippen molar-refractivity contribution < 1.29 is 4.74 Å². The highest BCUT2D eigenvalue weighted by Gasteiger charge is 2.23. The molecule has 3 atom stereocenters. The van der Waals surface area contributed by atoms with Gasteiger partial charge in [-0.3, -0.25) is 0 Å². The zero-order valence-electron chi connectivity index (χ0n) is 14.3. The van der Waals surface area contributed by atoms with Crippen molar-refractivity contribution in [3.63, 3.8) is 0 Å². The molecule has 0 aromatic carbocycles. The van der Waals surface area contributed by atoms with Crippen LogP contribution >= 0.6 is 12.6 Å². The molecule has 0 radical (unpaired) electrons. The summed E-state index contributed by atoms with van der Waals surface area (Å²) in [5, 5.41) is 6.68. The first kappa shape index (κ1) is 20.2. The predicted molar refractivity (Wildman–Crippen MR) is 92.9 cm³/mol. The quantitative estimate of drug-likeness (QED) is 0.485. The largest absolute Gasteiger partial charge is 0.374 e. The van der Waals surface area contributed by atoms with Crippen LogP contribution in [0.25, 0.3) is 0 Å². The van der Waals surface area contributed by atoms with Crippen molar-refractivity contribution in [3.8, 4) is 0 Å². The van der Waals surface area contributed by atoms with Gasteiger partial charge in [0.05, 0.1) is 12.2 Å². The predicted octanol–water partition coefficient (Wildman–Crippen LogP) is 3.10. The third kappa shape index (κ3) is 9.22. The summed E-state index contributed by atoms with van der Waals surface area (Å²) < 4.78 is 6.09. The van der Waals surface area contributed by atoms with Gasteiger partial charge in [0.1, 0.15) is 0 Å². The first-order chi connectivity index (χ1) is 9.38. The van der Waals surface area contributed by atoms with Gasteiger partial charge in [0, 0.05) is 11.3 Å². The van der Waals surface area contributed by atoms with Crippen LogP contribution in [-0.2, 0) is 4.74 Å². The Bertz CT molecular complexity index is 233. The normalized spacial score (nSPS) is 16.9. The molecule has 0 aliphatic heterocycles. The van der Waals surface area contributed by atoms with Crippen LogP contribution in [0.4, 0.5) is 0 Å². The molecule has 0 fully saturated rings. The van der Waals surface area contributed by atoms with E-state index in [1.165, 1.54) is 12.8 Å². The van der Waals surface area contributed by atoms with E-state index in [1.807, 2.05) is 14.1 Å². The third-order valence-corrected chi connectivity index (χ3v) is 4.43. The Morgan fingerprint density at radius 3 is 2.35 bits per heavy atom. The van der Waals surface area contributed by atoms with E-state index in [2.05, 4.69) is 51.0 Å². The lowest BCUT2D eigenvalue weighted by atomic mass is 9.85. The minimum atomic E-state index is 0.186. The zero-order valence-corrected chi connectivity index (χ0v) is 15.2. The van der Waals surface area contributed by atoms with Crippen molar-refractivity contribution in [1.29, 1.82) is 0 Å². The van der Waals surface area contributed by atoms with Gasteiger partial charge in [-0.05, 0) is 73.0 Å². The van der Waals surface area contributed by atoms with Crippen molar-refractivity contribution in [2.24, 2.45) is 5.92 Å². The van der Waals surface area contributed by atoms with Crippen molar-refractivity contribution in [3.05, 3.63) is 0 Å². The Morgan fingerprint density at radius 2 is 1.90 bits per heavy atom. The Balaban J connectivity index is 4.39. The van der Waals surface area contributed by atoms with Crippen LogP contribution in [0.2, 0.25) is 0 Å². The highest BCUT2D eigenvalue weighted by atomic mass is 32.1. The van der Waals surface area contributed by atoms with Crippen LogP contribution in [-0.4, -0.2) is 44.1 Å². The first-order valence-corrected chi connectivity index (χ1v) is 8.61. The van der Waals surface area contributed by atoms with E-state index in [0.717, 1.165) is 25.1 Å². The molecular weight excluding hydrogens is 268 g/mol. The summed E-state index contributed by atoms with van der Waals surface area (Å²) >= 11 is 4.36. The van der Waals surface area contributed by atoms with E-state index in [4.69, 9.17) is 4.74 Å². The van der Waals surface area contributed by atoms with Gasteiger partial charge in [0.2, 0.25) is 0 Å². The minimum Gasteiger partial charge on any atom is -0.374 e. The average Bonchev–Trinajstić information content (AvgIpc) is 2.41. The van der Waals surface area contributed by atoms with Gasteiger partial charge in [0.25, 0.3) is 0 Å². The number of ether oxygens (including phenoxy) is 1. The van der Waals surface area contributed by atoms with Crippen LogP contribution in [0, 0.1) is 5.92 Å². The zero-order chi connectivity index (χ0) is 15.6. The Hall–Kier alpha value is 0.230. The lowest BCUT2D eigenvalue weighted by Gasteiger charge is -2.31. The smallest absolute Gasteiger partial charge is 0.0663 e. The molecule has 0 rings (SSSR count). The van der Waals surface area contributed by atoms with Crippen molar-refractivity contribution in [1.82, 2.24) is 10.6 Å². The summed E-state index contributed by atoms with van der Waals surface area (Å²) in [4.78, 5) is 0. The SMILES string of the molecule is CCC(CS)OC(C)CC(CCNC)CC(C)(C)NC. The number of hydrogen-bond acceptors (Lipinski definition) is 4. The van der Waals surface area contributed by atoms with Crippen LogP contribution in [0.5, 0.6) is 0 Å². The maximum absolute atomic E-state index is 6.09. The van der Waals surface area contributed by atoms with E-state index in [1.54, 1.807) is 0 Å². The van der Waals surface area contributed by atoms with E-state index in [-0.39, 0.29) is 11.6 Å². The molecule has 122 valence electrons. The Morgan fingerprint density at radius 1 is 1.25 bits per heavy atom. The molecule has 0 saturated carbocycles. The standard InChI is InChI=1S/C16H36N2OS/c1-7-15(12-20)19-13(2)10-14(8-9-17-5)11-16(3,4)18-6/h13-15,17-18,20H,7-12H2,1-6H3. The van der Waals surface area contributed by atoms with Crippen LogP contribution in [0.3, 0.4) is 0 Å². The van der Waals surface area contributed by atoms with Crippen molar-refractivity contribution >= 4 is 12.6 Å². The number of rotatable bonds is 12. The minimum absolute atomic E-state index is 0.186. The van der Waals surface area contributed by atoms with Gasteiger partial charge < -0.3 is 15.4 Å². The molecular formula is C16H36N2OS. The fourth-order valence-corrected chi connectivity index (χ4v) is 2.94. The maximum atomic E-state index is 6.09. The molecule has 0 amide bonds. The molecule has 0 aromatic rings. The lowest BCUT2D eigenvalue weighted by Crippen LogP contribution is -2.39. The molecule has 0 saturated heterocycles. The van der Waals surface area contributed by atoms with Gasteiger partial charge in [-0.25, -0.2) is 0 Å². The second-order valence-corrected chi connectivity index (χ2v) is 6.86. The van der Waals surface area contributed by atoms with Gasteiger partial charge in [-0.15, -0.1) is 0 Å². The molecule has 3 unspecified atom stereocenters. The van der Waals surface area contributed by atoms with Crippen LogP contribution in [0.15, 0.2) is 0 Å². The van der Waals surface area contributed by atoms with Crippen molar-refractivity contribution in [2.45, 2.75) is 71.1 Å². The second kappa shape index (κ2) is 10.9. The van der Waals surface area contributed by atoms with E-state index in [0.29, 0.717) is 12.0 Å². The van der Waals surface area contributed by atoms with Gasteiger partial charge >= 0.3 is 0 Å². The summed E-state index contributed by atoms with van der Waals surface area (Å²) in [5.41, 5.74) is 0.186. The summed E-state index contributed by atoms with van der Waals surface area (Å²) in [6.45, 7) is 9.98. The van der Waals surface area contributed by atoms with E-state index >= 15 is 0 Å². The van der Waals surface area contributed by atoms with Gasteiger partial charge in [0.15, 0.2) is 0 Å². The van der Waals surface area contributed by atoms with E-state index < -0.39 is 0 Å². The summed E-state index contributed by atoms with van der Waals surface area (Å²) in [6.07, 6.45) is 5.13. The molecule has 20 heavy (non-hydrogen) atoms. The Labute approximate surface area is 132 Å². The summed E-state index contributed by atoms with van der Waals surface area (Å²) in [5.74, 6) is 1.49. The second-order valence-electron chi connectivity index (χ2n) is 6.49. The molecule has 0 aromatic heterocycles. The fourth-order valence-electron chi connectivity index (χ4n) is 2.60. The lowest BCUT2D eigenvalue weighted by molar-refractivity contribution is -0.00582. The molecule has 0 bridgehead atoms. The van der Waals surface area contributed by atoms with E-state index in [9.17, 15) is 0 Å².